The molecule has 0 saturated carbocycles. The first-order valence-corrected chi connectivity index (χ1v) is 20.7. The Bertz CT molecular complexity index is 3200. The van der Waals surface area contributed by atoms with E-state index >= 15 is 0 Å². The zero-order chi connectivity index (χ0) is 39.4. The minimum atomic E-state index is -0.586. The molecule has 2 unspecified atom stereocenters. The molecule has 0 fully saturated rings. The maximum atomic E-state index is 6.72. The van der Waals surface area contributed by atoms with E-state index in [1.54, 1.807) is 0 Å². The maximum absolute atomic E-state index is 6.72. The summed E-state index contributed by atoms with van der Waals surface area (Å²) in [4.78, 5) is 15.5. The van der Waals surface area contributed by atoms with Crippen LogP contribution in [0.15, 0.2) is 206 Å². The summed E-state index contributed by atoms with van der Waals surface area (Å²) in [5.74, 6) is 4.37. The lowest BCUT2D eigenvalue weighted by molar-refractivity contribution is 0.436. The number of hydrogen-bond acceptors (Lipinski definition) is 4. The molecule has 2 heterocycles. The van der Waals surface area contributed by atoms with Crippen LogP contribution in [0.4, 0.5) is 0 Å². The second kappa shape index (κ2) is 12.7. The maximum Gasteiger partial charge on any atom is 0.164 e. The zero-order valence-corrected chi connectivity index (χ0v) is 32.5. The molecule has 60 heavy (non-hydrogen) atoms. The van der Waals surface area contributed by atoms with Crippen LogP contribution in [0.25, 0.3) is 62.0 Å². The third-order valence-corrected chi connectivity index (χ3v) is 13.2. The highest BCUT2D eigenvalue weighted by Gasteiger charge is 2.51. The molecule has 0 amide bonds. The predicted molar refractivity (Wildman–Crippen MR) is 240 cm³/mol. The average molecular weight is 766 g/mol. The quantitative estimate of drug-likeness (QED) is 0.179. The van der Waals surface area contributed by atoms with E-state index in [-0.39, 0.29) is 0 Å². The number of aromatic nitrogens is 3. The molecule has 1 aromatic heterocycles. The Hall–Kier alpha value is -7.69. The number of fused-ring (bicyclic) bond motifs is 12. The van der Waals surface area contributed by atoms with E-state index < -0.39 is 5.41 Å². The smallest absolute Gasteiger partial charge is 0.164 e. The Labute approximate surface area is 348 Å². The van der Waals surface area contributed by atoms with Gasteiger partial charge in [0.15, 0.2) is 17.5 Å². The van der Waals surface area contributed by atoms with Crippen LogP contribution >= 0.6 is 0 Å². The molecule has 0 N–H and O–H groups in total. The highest BCUT2D eigenvalue weighted by molar-refractivity contribution is 5.89. The van der Waals surface area contributed by atoms with Crippen LogP contribution in [-0.2, 0) is 5.41 Å². The Morgan fingerprint density at radius 1 is 0.433 bits per heavy atom. The molecule has 4 nitrogen and oxygen atoms in total. The average Bonchev–Trinajstić information content (AvgIpc) is 3.80. The Morgan fingerprint density at radius 3 is 1.80 bits per heavy atom. The third kappa shape index (κ3) is 4.70. The summed E-state index contributed by atoms with van der Waals surface area (Å²) < 4.78 is 6.72. The van der Waals surface area contributed by atoms with Gasteiger partial charge < -0.3 is 4.74 Å². The summed E-state index contributed by atoms with van der Waals surface area (Å²) in [6.45, 7) is 0. The van der Waals surface area contributed by atoms with Gasteiger partial charge in [-0.05, 0) is 86.0 Å². The fourth-order valence-corrected chi connectivity index (χ4v) is 10.6. The molecular formula is C56H35N3O. The number of benzene rings is 7. The Balaban J connectivity index is 0.939. The first-order chi connectivity index (χ1) is 29.7. The second-order valence-corrected chi connectivity index (χ2v) is 16.2. The summed E-state index contributed by atoms with van der Waals surface area (Å²) in [6.07, 6.45) is 13.6. The van der Waals surface area contributed by atoms with Gasteiger partial charge in [-0.3, -0.25) is 0 Å². The molecule has 7 aromatic carbocycles. The standard InChI is InChI=1S/C56H35N3O/c1-2-12-36(13-3-1)53-57-54(37-26-24-34(25-27-37)38-28-30-40-43-18-10-14-35-15-11-19-44(52(35)43)45(40)32-38)59-55(58-53)39-29-31-51-49(33-39)56(48-22-8-9-23-50(48)60-51)46-20-6-4-16-41(46)42-17-5-7-21-47(42)56/h1-33,43,52H. The lowest BCUT2D eigenvalue weighted by Crippen LogP contribution is -2.32. The van der Waals surface area contributed by atoms with Crippen molar-refractivity contribution in [3.05, 3.63) is 239 Å². The minimum Gasteiger partial charge on any atom is -0.457 e. The van der Waals surface area contributed by atoms with Gasteiger partial charge in [-0.2, -0.15) is 0 Å². The Morgan fingerprint density at radius 2 is 1.03 bits per heavy atom. The van der Waals surface area contributed by atoms with Crippen molar-refractivity contribution < 1.29 is 4.74 Å². The molecule has 4 aliphatic carbocycles. The van der Waals surface area contributed by atoms with Crippen molar-refractivity contribution in [2.24, 2.45) is 5.92 Å². The lowest BCUT2D eigenvalue weighted by Gasteiger charge is -2.39. The summed E-state index contributed by atoms with van der Waals surface area (Å²) in [5.41, 5.74) is 17.3. The largest absolute Gasteiger partial charge is 0.457 e. The molecule has 0 bridgehead atoms. The van der Waals surface area contributed by atoms with Gasteiger partial charge in [-0.15, -0.1) is 0 Å². The number of para-hydroxylation sites is 1. The van der Waals surface area contributed by atoms with Gasteiger partial charge >= 0.3 is 0 Å². The molecule has 1 aliphatic heterocycles. The summed E-state index contributed by atoms with van der Waals surface area (Å²) in [5, 5.41) is 0. The van der Waals surface area contributed by atoms with Gasteiger partial charge in [-0.1, -0.05) is 170 Å². The van der Waals surface area contributed by atoms with Crippen molar-refractivity contribution >= 4 is 5.57 Å². The van der Waals surface area contributed by atoms with E-state index in [0.717, 1.165) is 44.9 Å². The van der Waals surface area contributed by atoms with Gasteiger partial charge in [-0.25, -0.2) is 15.0 Å². The lowest BCUT2D eigenvalue weighted by atomic mass is 9.66. The third-order valence-electron chi connectivity index (χ3n) is 13.2. The number of nitrogens with zero attached hydrogens (tertiary/aromatic N) is 3. The SMILES string of the molecule is C1=CC2=CC=CC3c4ccc(-c5ccc(-c6nc(-c7ccccc7)nc(-c7ccc8c(c7)C7(c9ccccc9O8)c8ccccc8-c8ccccc87)n6)cc5)cc4C(=C1)C23. The van der Waals surface area contributed by atoms with Gasteiger partial charge in [0.25, 0.3) is 0 Å². The first-order valence-electron chi connectivity index (χ1n) is 20.7. The minimum absolute atomic E-state index is 0.401. The molecular weight excluding hydrogens is 731 g/mol. The van der Waals surface area contributed by atoms with Crippen LogP contribution in [0.3, 0.4) is 0 Å². The highest BCUT2D eigenvalue weighted by Crippen LogP contribution is 2.62. The van der Waals surface area contributed by atoms with Crippen LogP contribution in [-0.4, -0.2) is 15.0 Å². The van der Waals surface area contributed by atoms with Crippen LogP contribution in [0.2, 0.25) is 0 Å². The molecule has 0 radical (unpaired) electrons. The van der Waals surface area contributed by atoms with E-state index in [2.05, 4.69) is 182 Å². The van der Waals surface area contributed by atoms with Crippen molar-refractivity contribution in [1.82, 2.24) is 15.0 Å². The van der Waals surface area contributed by atoms with Crippen molar-refractivity contribution in [3.63, 3.8) is 0 Å². The summed E-state index contributed by atoms with van der Waals surface area (Å²) in [7, 11) is 0. The second-order valence-electron chi connectivity index (χ2n) is 16.2. The summed E-state index contributed by atoms with van der Waals surface area (Å²) in [6, 6.07) is 58.3. The van der Waals surface area contributed by atoms with Crippen LogP contribution in [0, 0.1) is 5.92 Å². The van der Waals surface area contributed by atoms with E-state index in [0.29, 0.717) is 29.3 Å². The fourth-order valence-electron chi connectivity index (χ4n) is 10.6. The Kier molecular flexibility index (Phi) is 7.02. The van der Waals surface area contributed by atoms with E-state index in [9.17, 15) is 0 Å². The molecule has 4 heteroatoms. The van der Waals surface area contributed by atoms with Crippen LogP contribution in [0.1, 0.15) is 39.3 Å². The van der Waals surface area contributed by atoms with Gasteiger partial charge in [0.2, 0.25) is 0 Å². The molecule has 5 aliphatic rings. The molecule has 13 rings (SSSR count). The van der Waals surface area contributed by atoms with Crippen LogP contribution < -0.4 is 4.74 Å². The van der Waals surface area contributed by atoms with E-state index in [1.807, 2.05) is 18.2 Å². The molecule has 1 spiro atoms. The molecule has 8 aromatic rings. The topological polar surface area (TPSA) is 47.9 Å². The summed E-state index contributed by atoms with van der Waals surface area (Å²) >= 11 is 0. The van der Waals surface area contributed by atoms with Gasteiger partial charge in [0, 0.05) is 39.7 Å². The van der Waals surface area contributed by atoms with Crippen molar-refractivity contribution in [1.29, 1.82) is 0 Å². The van der Waals surface area contributed by atoms with Gasteiger partial charge in [0.05, 0.1) is 5.41 Å². The predicted octanol–water partition coefficient (Wildman–Crippen LogP) is 13.2. The molecule has 280 valence electrons. The van der Waals surface area contributed by atoms with Crippen molar-refractivity contribution in [2.45, 2.75) is 11.3 Å². The number of rotatable bonds is 4. The number of ether oxygens (including phenoxy) is 1. The highest BCUT2D eigenvalue weighted by atomic mass is 16.5. The van der Waals surface area contributed by atoms with E-state index in [4.69, 9.17) is 19.7 Å². The zero-order valence-electron chi connectivity index (χ0n) is 32.5. The molecule has 2 atom stereocenters. The van der Waals surface area contributed by atoms with E-state index in [1.165, 1.54) is 50.1 Å². The van der Waals surface area contributed by atoms with Crippen molar-refractivity contribution in [3.8, 4) is 67.9 Å². The number of allylic oxidation sites excluding steroid dienone is 8. The number of hydrogen-bond donors (Lipinski definition) is 0. The van der Waals surface area contributed by atoms with Crippen molar-refractivity contribution in [2.75, 3.05) is 0 Å². The van der Waals surface area contributed by atoms with Gasteiger partial charge in [0.1, 0.15) is 11.5 Å². The normalized spacial score (nSPS) is 17.7. The fraction of sp³-hybridized carbons (Fsp3) is 0.0536. The van der Waals surface area contributed by atoms with Crippen LogP contribution in [0.5, 0.6) is 11.5 Å². The first kappa shape index (κ1) is 33.3. The monoisotopic (exact) mass is 765 g/mol. The molecule has 0 saturated heterocycles.